The summed E-state index contributed by atoms with van der Waals surface area (Å²) in [6.45, 7) is 4.76. The van der Waals surface area contributed by atoms with Crippen LogP contribution in [0.1, 0.15) is 58.3 Å². The van der Waals surface area contributed by atoms with Crippen molar-refractivity contribution in [2.24, 2.45) is 11.8 Å². The van der Waals surface area contributed by atoms with Crippen molar-refractivity contribution in [1.82, 2.24) is 10.2 Å². The van der Waals surface area contributed by atoms with Crippen molar-refractivity contribution < 1.29 is 5.11 Å². The minimum atomic E-state index is 0.309. The zero-order valence-corrected chi connectivity index (χ0v) is 13.5. The Morgan fingerprint density at radius 1 is 1.10 bits per heavy atom. The van der Waals surface area contributed by atoms with E-state index in [0.29, 0.717) is 12.6 Å². The van der Waals surface area contributed by atoms with E-state index in [4.69, 9.17) is 0 Å². The minimum absolute atomic E-state index is 0.309. The van der Waals surface area contributed by atoms with Crippen LogP contribution in [-0.2, 0) is 0 Å². The molecule has 0 radical (unpaired) electrons. The summed E-state index contributed by atoms with van der Waals surface area (Å²) in [5.74, 6) is 1.63. The van der Waals surface area contributed by atoms with Crippen LogP contribution in [0.4, 0.5) is 0 Å². The lowest BCUT2D eigenvalue weighted by molar-refractivity contribution is 0.0796. The molecular formula is C17H34N2O. The number of hydrogen-bond donors (Lipinski definition) is 2. The standard InChI is InChI=1S/C17H34N2O/c1-14-8-9-17(18-2)15(12-14)13-19(10-11-20)16-6-4-3-5-7-16/h14-18,20H,3-13H2,1-2H3. The summed E-state index contributed by atoms with van der Waals surface area (Å²) in [6, 6.07) is 1.40. The number of nitrogens with one attached hydrogen (secondary N) is 1. The van der Waals surface area contributed by atoms with E-state index in [0.717, 1.165) is 24.4 Å². The summed E-state index contributed by atoms with van der Waals surface area (Å²) in [6.07, 6.45) is 10.9. The molecule has 0 aromatic carbocycles. The average molecular weight is 282 g/mol. The second kappa shape index (κ2) is 8.35. The van der Waals surface area contributed by atoms with Gasteiger partial charge in [-0.15, -0.1) is 0 Å². The predicted octanol–water partition coefficient (Wildman–Crippen LogP) is 2.64. The van der Waals surface area contributed by atoms with Crippen LogP contribution in [-0.4, -0.2) is 48.8 Å². The Balaban J connectivity index is 1.94. The van der Waals surface area contributed by atoms with Crippen LogP contribution < -0.4 is 5.32 Å². The molecule has 3 atom stereocenters. The highest BCUT2D eigenvalue weighted by Gasteiger charge is 2.31. The van der Waals surface area contributed by atoms with Crippen LogP contribution in [0, 0.1) is 11.8 Å². The minimum Gasteiger partial charge on any atom is -0.395 e. The maximum atomic E-state index is 9.41. The second-order valence-corrected chi connectivity index (χ2v) is 7.08. The molecule has 3 heteroatoms. The molecule has 2 saturated carbocycles. The van der Waals surface area contributed by atoms with Crippen LogP contribution in [0.5, 0.6) is 0 Å². The zero-order valence-electron chi connectivity index (χ0n) is 13.5. The lowest BCUT2D eigenvalue weighted by atomic mass is 9.78. The van der Waals surface area contributed by atoms with Gasteiger partial charge in [-0.2, -0.15) is 0 Å². The first kappa shape index (κ1) is 16.3. The van der Waals surface area contributed by atoms with Crippen molar-refractivity contribution in [3.63, 3.8) is 0 Å². The molecule has 0 heterocycles. The second-order valence-electron chi connectivity index (χ2n) is 7.08. The number of aliphatic hydroxyl groups excluding tert-OH is 1. The van der Waals surface area contributed by atoms with E-state index in [-0.39, 0.29) is 0 Å². The quantitative estimate of drug-likeness (QED) is 0.786. The molecule has 0 aromatic rings. The smallest absolute Gasteiger partial charge is 0.0558 e. The fraction of sp³-hybridized carbons (Fsp3) is 1.00. The van der Waals surface area contributed by atoms with Gasteiger partial charge in [0.1, 0.15) is 0 Å². The summed E-state index contributed by atoms with van der Waals surface area (Å²) >= 11 is 0. The van der Waals surface area contributed by atoms with E-state index in [2.05, 4.69) is 24.2 Å². The molecule has 2 aliphatic carbocycles. The van der Waals surface area contributed by atoms with Crippen molar-refractivity contribution in [2.45, 2.75) is 70.4 Å². The van der Waals surface area contributed by atoms with Gasteiger partial charge in [0, 0.05) is 25.2 Å². The van der Waals surface area contributed by atoms with Crippen LogP contribution in [0.15, 0.2) is 0 Å². The van der Waals surface area contributed by atoms with Gasteiger partial charge in [0.15, 0.2) is 0 Å². The van der Waals surface area contributed by atoms with Gasteiger partial charge < -0.3 is 10.4 Å². The third-order valence-corrected chi connectivity index (χ3v) is 5.56. The number of aliphatic hydroxyl groups is 1. The van der Waals surface area contributed by atoms with Gasteiger partial charge in [-0.05, 0) is 51.0 Å². The van der Waals surface area contributed by atoms with Crippen molar-refractivity contribution in [1.29, 1.82) is 0 Å². The lowest BCUT2D eigenvalue weighted by Gasteiger charge is -2.41. The lowest BCUT2D eigenvalue weighted by Crippen LogP contribution is -2.48. The van der Waals surface area contributed by atoms with Crippen LogP contribution in [0.25, 0.3) is 0 Å². The predicted molar refractivity (Wildman–Crippen MR) is 84.9 cm³/mol. The average Bonchev–Trinajstić information content (AvgIpc) is 2.48. The van der Waals surface area contributed by atoms with E-state index in [9.17, 15) is 5.11 Å². The molecule has 0 amide bonds. The first-order valence-electron chi connectivity index (χ1n) is 8.76. The molecule has 0 bridgehead atoms. The molecule has 3 unspecified atom stereocenters. The molecule has 118 valence electrons. The highest BCUT2D eigenvalue weighted by Crippen LogP contribution is 2.31. The van der Waals surface area contributed by atoms with Gasteiger partial charge >= 0.3 is 0 Å². The Bertz CT molecular complexity index is 266. The Labute approximate surface area is 125 Å². The third-order valence-electron chi connectivity index (χ3n) is 5.56. The Morgan fingerprint density at radius 3 is 2.50 bits per heavy atom. The van der Waals surface area contributed by atoms with Crippen LogP contribution in [0.2, 0.25) is 0 Å². The highest BCUT2D eigenvalue weighted by molar-refractivity contribution is 4.87. The van der Waals surface area contributed by atoms with E-state index < -0.39 is 0 Å². The van der Waals surface area contributed by atoms with Crippen molar-refractivity contribution in [2.75, 3.05) is 26.7 Å². The van der Waals surface area contributed by atoms with Crippen LogP contribution in [0.3, 0.4) is 0 Å². The van der Waals surface area contributed by atoms with E-state index in [1.807, 2.05) is 0 Å². The molecular weight excluding hydrogens is 248 g/mol. The SMILES string of the molecule is CNC1CCC(C)CC1CN(CCO)C1CCCCC1. The summed E-state index contributed by atoms with van der Waals surface area (Å²) in [4.78, 5) is 2.60. The van der Waals surface area contributed by atoms with Gasteiger partial charge in [0.25, 0.3) is 0 Å². The van der Waals surface area contributed by atoms with Crippen molar-refractivity contribution in [3.8, 4) is 0 Å². The van der Waals surface area contributed by atoms with Gasteiger partial charge in [0.05, 0.1) is 6.61 Å². The highest BCUT2D eigenvalue weighted by atomic mass is 16.3. The number of nitrogens with zero attached hydrogens (tertiary/aromatic N) is 1. The molecule has 2 N–H and O–H groups in total. The normalized spacial score (nSPS) is 32.7. The first-order chi connectivity index (χ1) is 9.74. The van der Waals surface area contributed by atoms with Gasteiger partial charge in [0.2, 0.25) is 0 Å². The van der Waals surface area contributed by atoms with E-state index in [1.54, 1.807) is 0 Å². The van der Waals surface area contributed by atoms with Crippen LogP contribution >= 0.6 is 0 Å². The molecule has 0 saturated heterocycles. The number of hydrogen-bond acceptors (Lipinski definition) is 3. The fourth-order valence-electron chi connectivity index (χ4n) is 4.38. The summed E-state index contributed by atoms with van der Waals surface area (Å²) in [7, 11) is 2.12. The molecule has 3 nitrogen and oxygen atoms in total. The summed E-state index contributed by atoms with van der Waals surface area (Å²) in [5.41, 5.74) is 0. The number of rotatable bonds is 6. The molecule has 2 fully saturated rings. The molecule has 2 rings (SSSR count). The Kier molecular flexibility index (Phi) is 6.79. The first-order valence-corrected chi connectivity index (χ1v) is 8.76. The molecule has 0 aliphatic heterocycles. The van der Waals surface area contributed by atoms with Gasteiger partial charge in [-0.3, -0.25) is 4.90 Å². The van der Waals surface area contributed by atoms with Gasteiger partial charge in [-0.1, -0.05) is 26.2 Å². The van der Waals surface area contributed by atoms with E-state index in [1.165, 1.54) is 57.9 Å². The zero-order chi connectivity index (χ0) is 14.4. The largest absolute Gasteiger partial charge is 0.395 e. The molecule has 20 heavy (non-hydrogen) atoms. The molecule has 2 aliphatic rings. The molecule has 0 aromatic heterocycles. The fourth-order valence-corrected chi connectivity index (χ4v) is 4.38. The maximum absolute atomic E-state index is 9.41. The van der Waals surface area contributed by atoms with E-state index >= 15 is 0 Å². The topological polar surface area (TPSA) is 35.5 Å². The Hall–Kier alpha value is -0.120. The summed E-state index contributed by atoms with van der Waals surface area (Å²) < 4.78 is 0. The summed E-state index contributed by atoms with van der Waals surface area (Å²) in [5, 5.41) is 13.0. The third kappa shape index (κ3) is 4.44. The monoisotopic (exact) mass is 282 g/mol. The van der Waals surface area contributed by atoms with Crippen molar-refractivity contribution >= 4 is 0 Å². The molecule has 0 spiro atoms. The van der Waals surface area contributed by atoms with Crippen molar-refractivity contribution in [3.05, 3.63) is 0 Å². The maximum Gasteiger partial charge on any atom is 0.0558 e. The Morgan fingerprint density at radius 2 is 1.85 bits per heavy atom. The van der Waals surface area contributed by atoms with Gasteiger partial charge in [-0.25, -0.2) is 0 Å².